The normalized spacial score (nSPS) is 20.5. The van der Waals surface area contributed by atoms with Crippen molar-refractivity contribution in [2.24, 2.45) is 0 Å². The van der Waals surface area contributed by atoms with E-state index in [1.54, 1.807) is 6.92 Å². The summed E-state index contributed by atoms with van der Waals surface area (Å²) in [5.41, 5.74) is 0.0162. The summed E-state index contributed by atoms with van der Waals surface area (Å²) in [6, 6.07) is 7.51. The molecule has 0 radical (unpaired) electrons. The lowest BCUT2D eigenvalue weighted by atomic mass is 10.0. The first-order valence-corrected chi connectivity index (χ1v) is 6.51. The summed E-state index contributed by atoms with van der Waals surface area (Å²) in [6.45, 7) is 4.23. The van der Waals surface area contributed by atoms with Crippen molar-refractivity contribution in [2.45, 2.75) is 32.0 Å². The molecule has 5 heteroatoms. The second kappa shape index (κ2) is 5.48. The van der Waals surface area contributed by atoms with E-state index in [-0.39, 0.29) is 12.5 Å². The van der Waals surface area contributed by atoms with Crippen molar-refractivity contribution >= 4 is 11.6 Å². The van der Waals surface area contributed by atoms with E-state index in [1.165, 1.54) is 0 Å². The fourth-order valence-electron chi connectivity index (χ4n) is 1.78. The Hall–Kier alpha value is -1.75. The zero-order chi connectivity index (χ0) is 13.9. The van der Waals surface area contributed by atoms with Gasteiger partial charge < -0.3 is 20.5 Å². The smallest absolute Gasteiger partial charge is 0.263 e. The molecule has 1 aromatic carbocycles. The zero-order valence-electron chi connectivity index (χ0n) is 11.3. The number of para-hydroxylation sites is 2. The van der Waals surface area contributed by atoms with E-state index in [1.807, 2.05) is 31.2 Å². The lowest BCUT2D eigenvalue weighted by Gasteiger charge is -2.28. The fraction of sp³-hybridized carbons (Fsp3) is 0.500. The van der Waals surface area contributed by atoms with E-state index in [9.17, 15) is 9.90 Å². The lowest BCUT2D eigenvalue weighted by molar-refractivity contribution is -0.128. The van der Waals surface area contributed by atoms with Gasteiger partial charge in [-0.15, -0.1) is 0 Å². The third-order valence-electron chi connectivity index (χ3n) is 3.33. The Kier molecular flexibility index (Phi) is 3.95. The maximum absolute atomic E-state index is 12.0. The van der Waals surface area contributed by atoms with Gasteiger partial charge in [0.2, 0.25) is 0 Å². The van der Waals surface area contributed by atoms with Crippen molar-refractivity contribution < 1.29 is 14.6 Å². The number of fused-ring (bicyclic) bond motifs is 1. The number of aliphatic hydroxyl groups is 1. The molecule has 3 N–H and O–H groups in total. The molecule has 1 aromatic rings. The first-order valence-electron chi connectivity index (χ1n) is 6.51. The second-order valence-corrected chi connectivity index (χ2v) is 5.05. The largest absolute Gasteiger partial charge is 0.477 e. The third-order valence-corrected chi connectivity index (χ3v) is 3.33. The Bertz CT molecular complexity index is 460. The van der Waals surface area contributed by atoms with Crippen LogP contribution in [-0.4, -0.2) is 35.8 Å². The van der Waals surface area contributed by atoms with Crippen molar-refractivity contribution in [3.8, 4) is 5.75 Å². The topological polar surface area (TPSA) is 70.6 Å². The van der Waals surface area contributed by atoms with Gasteiger partial charge in [0, 0.05) is 6.54 Å². The molecule has 2 unspecified atom stereocenters. The van der Waals surface area contributed by atoms with Gasteiger partial charge in [0.15, 0.2) is 6.10 Å². The number of hydrogen-bond donors (Lipinski definition) is 3. The quantitative estimate of drug-likeness (QED) is 0.762. The Labute approximate surface area is 113 Å². The van der Waals surface area contributed by atoms with Crippen molar-refractivity contribution in [3.05, 3.63) is 24.3 Å². The van der Waals surface area contributed by atoms with E-state index in [0.717, 1.165) is 5.69 Å². The number of ether oxygens (including phenoxy) is 1. The number of carbonyl (C=O) groups is 1. The molecule has 1 aliphatic rings. The summed E-state index contributed by atoms with van der Waals surface area (Å²) in [4.78, 5) is 12.0. The molecule has 0 aromatic heterocycles. The highest BCUT2D eigenvalue weighted by Crippen LogP contribution is 2.28. The molecule has 0 spiro atoms. The minimum atomic E-state index is -0.879. The van der Waals surface area contributed by atoms with Gasteiger partial charge in [-0.25, -0.2) is 0 Å². The average Bonchev–Trinajstić information content (AvgIpc) is 2.44. The molecule has 0 fully saturated rings. The number of amides is 1. The Balaban J connectivity index is 1.92. The predicted molar refractivity (Wildman–Crippen MR) is 73.3 cm³/mol. The van der Waals surface area contributed by atoms with Crippen molar-refractivity contribution in [3.63, 3.8) is 0 Å². The van der Waals surface area contributed by atoms with Crippen LogP contribution in [0.2, 0.25) is 0 Å². The van der Waals surface area contributed by atoms with Gasteiger partial charge in [-0.05, 0) is 25.5 Å². The van der Waals surface area contributed by atoms with E-state index >= 15 is 0 Å². The van der Waals surface area contributed by atoms with Crippen LogP contribution in [0.25, 0.3) is 0 Å². The molecule has 2 rings (SSSR count). The Morgan fingerprint density at radius 1 is 1.58 bits per heavy atom. The summed E-state index contributed by atoms with van der Waals surface area (Å²) >= 11 is 0. The van der Waals surface area contributed by atoms with Crippen molar-refractivity contribution in [1.29, 1.82) is 0 Å². The summed E-state index contributed by atoms with van der Waals surface area (Å²) in [5.74, 6) is 0.465. The van der Waals surface area contributed by atoms with Crippen molar-refractivity contribution in [1.82, 2.24) is 5.32 Å². The molecule has 1 aliphatic heterocycles. The molecule has 2 atom stereocenters. The summed E-state index contributed by atoms with van der Waals surface area (Å²) in [5, 5.41) is 15.7. The van der Waals surface area contributed by atoms with Gasteiger partial charge in [-0.2, -0.15) is 0 Å². The molecule has 0 aliphatic carbocycles. The highest BCUT2D eigenvalue weighted by atomic mass is 16.5. The second-order valence-electron chi connectivity index (χ2n) is 5.05. The SMILES string of the molecule is CCC(C)(O)CNC(=O)C1CNc2ccccc2O1. The molecular formula is C14H20N2O3. The molecule has 0 bridgehead atoms. The number of benzene rings is 1. The number of rotatable bonds is 4. The number of anilines is 1. The first-order chi connectivity index (χ1) is 9.02. The first kappa shape index (κ1) is 13.7. The number of hydrogen-bond acceptors (Lipinski definition) is 4. The maximum atomic E-state index is 12.0. The van der Waals surface area contributed by atoms with Crippen LogP contribution in [0.1, 0.15) is 20.3 Å². The molecule has 104 valence electrons. The third kappa shape index (κ3) is 3.38. The highest BCUT2D eigenvalue weighted by molar-refractivity contribution is 5.83. The van der Waals surface area contributed by atoms with Crippen LogP contribution < -0.4 is 15.4 Å². The van der Waals surface area contributed by atoms with Gasteiger partial charge in [0.25, 0.3) is 5.91 Å². The molecule has 1 heterocycles. The summed E-state index contributed by atoms with van der Waals surface area (Å²) < 4.78 is 5.64. The highest BCUT2D eigenvalue weighted by Gasteiger charge is 2.27. The summed E-state index contributed by atoms with van der Waals surface area (Å²) in [7, 11) is 0. The average molecular weight is 264 g/mol. The number of carbonyl (C=O) groups excluding carboxylic acids is 1. The van der Waals surface area contributed by atoms with Gasteiger partial charge >= 0.3 is 0 Å². The minimum Gasteiger partial charge on any atom is -0.477 e. The molecule has 19 heavy (non-hydrogen) atoms. The van der Waals surface area contributed by atoms with Gasteiger partial charge in [0.05, 0.1) is 17.8 Å². The molecule has 1 amide bonds. The van der Waals surface area contributed by atoms with E-state index < -0.39 is 11.7 Å². The fourth-order valence-corrected chi connectivity index (χ4v) is 1.78. The minimum absolute atomic E-state index is 0.212. The Morgan fingerprint density at radius 2 is 2.32 bits per heavy atom. The van der Waals surface area contributed by atoms with Crippen LogP contribution >= 0.6 is 0 Å². The van der Waals surface area contributed by atoms with Crippen molar-refractivity contribution in [2.75, 3.05) is 18.4 Å². The van der Waals surface area contributed by atoms with Gasteiger partial charge in [-0.3, -0.25) is 4.79 Å². The summed E-state index contributed by atoms with van der Waals surface area (Å²) in [6.07, 6.45) is 0.0161. The standard InChI is InChI=1S/C14H20N2O3/c1-3-14(2,18)9-16-13(17)12-8-15-10-6-4-5-7-11(10)19-12/h4-7,12,15,18H,3,8-9H2,1-2H3,(H,16,17). The van der Waals surface area contributed by atoms with Crippen LogP contribution in [0.3, 0.4) is 0 Å². The van der Waals surface area contributed by atoms with E-state index in [4.69, 9.17) is 4.74 Å². The van der Waals surface area contributed by atoms with Gasteiger partial charge in [-0.1, -0.05) is 19.1 Å². The number of nitrogens with one attached hydrogen (secondary N) is 2. The zero-order valence-corrected chi connectivity index (χ0v) is 11.3. The van der Waals surface area contributed by atoms with Crippen LogP contribution in [-0.2, 0) is 4.79 Å². The molecule has 0 saturated heterocycles. The van der Waals surface area contributed by atoms with Crippen LogP contribution in [0.4, 0.5) is 5.69 Å². The lowest BCUT2D eigenvalue weighted by Crippen LogP contribution is -2.49. The molecule has 5 nitrogen and oxygen atoms in total. The van der Waals surface area contributed by atoms with Gasteiger partial charge in [0.1, 0.15) is 5.75 Å². The predicted octanol–water partition coefficient (Wildman–Crippen LogP) is 1.14. The van der Waals surface area contributed by atoms with Crippen LogP contribution in [0.15, 0.2) is 24.3 Å². The molecule has 0 saturated carbocycles. The monoisotopic (exact) mass is 264 g/mol. The maximum Gasteiger partial charge on any atom is 0.263 e. The molecular weight excluding hydrogens is 244 g/mol. The van der Waals surface area contributed by atoms with Crippen LogP contribution in [0, 0.1) is 0 Å². The van der Waals surface area contributed by atoms with Crippen LogP contribution in [0.5, 0.6) is 5.75 Å². The van der Waals surface area contributed by atoms with E-state index in [2.05, 4.69) is 10.6 Å². The Morgan fingerprint density at radius 3 is 3.05 bits per heavy atom. The van der Waals surface area contributed by atoms with E-state index in [0.29, 0.717) is 18.7 Å².